The quantitative estimate of drug-likeness (QED) is 0.513. The minimum atomic E-state index is -0.910. The van der Waals surface area contributed by atoms with E-state index in [0.29, 0.717) is 19.4 Å². The van der Waals surface area contributed by atoms with E-state index in [1.54, 1.807) is 0 Å². The van der Waals surface area contributed by atoms with Crippen LogP contribution >= 0.6 is 0 Å². The summed E-state index contributed by atoms with van der Waals surface area (Å²) in [7, 11) is 0. The molecule has 0 radical (unpaired) electrons. The number of nitrogens with one attached hydrogen (secondary N) is 1. The van der Waals surface area contributed by atoms with E-state index in [2.05, 4.69) is 29.6 Å². The van der Waals surface area contributed by atoms with Gasteiger partial charge < -0.3 is 15.2 Å². The fourth-order valence-electron chi connectivity index (χ4n) is 2.85. The third kappa shape index (κ3) is 9.21. The number of carbonyl (C=O) groups is 2. The number of amides is 1. The number of carboxylic acids is 1. The Morgan fingerprint density at radius 1 is 0.821 bits per heavy atom. The molecule has 2 N–H and O–H groups in total. The molecule has 0 saturated heterocycles. The Labute approximate surface area is 166 Å². The Bertz CT molecular complexity index is 713. The standard InChI is InChI=1S/C23H29NO4/c25-22(24-17-16-23(26)27)15-12-20-10-13-21(14-11-20)28-18-6-2-5-9-19-7-3-1-4-8-19/h1,3-4,7-8,10-11,13-14H,2,5-6,9,12,15-18H2,(H,24,25)(H,26,27). The number of aryl methyl sites for hydroxylation is 2. The number of unbranched alkanes of at least 4 members (excludes halogenated alkanes) is 2. The maximum atomic E-state index is 11.7. The summed E-state index contributed by atoms with van der Waals surface area (Å²) in [6.07, 6.45) is 5.37. The van der Waals surface area contributed by atoms with Crippen LogP contribution in [-0.2, 0) is 22.4 Å². The molecule has 2 aromatic rings. The van der Waals surface area contributed by atoms with Crippen molar-refractivity contribution in [1.82, 2.24) is 5.32 Å². The smallest absolute Gasteiger partial charge is 0.305 e. The van der Waals surface area contributed by atoms with Crippen molar-refractivity contribution in [1.29, 1.82) is 0 Å². The molecule has 0 fully saturated rings. The van der Waals surface area contributed by atoms with Crippen LogP contribution in [0.25, 0.3) is 0 Å². The van der Waals surface area contributed by atoms with Crippen molar-refractivity contribution in [3.63, 3.8) is 0 Å². The molecule has 0 aromatic heterocycles. The average molecular weight is 383 g/mol. The number of ether oxygens (including phenoxy) is 1. The van der Waals surface area contributed by atoms with Gasteiger partial charge in [0, 0.05) is 13.0 Å². The molecule has 0 saturated carbocycles. The van der Waals surface area contributed by atoms with Gasteiger partial charge in [0.2, 0.25) is 5.91 Å². The van der Waals surface area contributed by atoms with E-state index in [0.717, 1.165) is 30.6 Å². The summed E-state index contributed by atoms with van der Waals surface area (Å²) in [6.45, 7) is 0.881. The number of carbonyl (C=O) groups excluding carboxylic acids is 1. The maximum absolute atomic E-state index is 11.7. The van der Waals surface area contributed by atoms with Gasteiger partial charge in [0.25, 0.3) is 0 Å². The Kier molecular flexibility index (Phi) is 9.62. The average Bonchev–Trinajstić information content (AvgIpc) is 2.70. The van der Waals surface area contributed by atoms with Gasteiger partial charge in [-0.05, 0) is 55.4 Å². The molecule has 0 unspecified atom stereocenters. The van der Waals surface area contributed by atoms with Crippen LogP contribution in [0.5, 0.6) is 5.75 Å². The molecule has 0 atom stereocenters. The van der Waals surface area contributed by atoms with Gasteiger partial charge in [0.15, 0.2) is 0 Å². The van der Waals surface area contributed by atoms with E-state index in [1.165, 1.54) is 12.0 Å². The van der Waals surface area contributed by atoms with Gasteiger partial charge in [-0.25, -0.2) is 0 Å². The molecule has 150 valence electrons. The summed E-state index contributed by atoms with van der Waals surface area (Å²) >= 11 is 0. The monoisotopic (exact) mass is 383 g/mol. The Morgan fingerprint density at radius 3 is 2.25 bits per heavy atom. The lowest BCUT2D eigenvalue weighted by atomic mass is 10.1. The van der Waals surface area contributed by atoms with Gasteiger partial charge in [-0.15, -0.1) is 0 Å². The largest absolute Gasteiger partial charge is 0.494 e. The molecule has 0 heterocycles. The molecule has 0 aliphatic carbocycles. The van der Waals surface area contributed by atoms with Gasteiger partial charge in [0.05, 0.1) is 13.0 Å². The lowest BCUT2D eigenvalue weighted by Crippen LogP contribution is -2.26. The van der Waals surface area contributed by atoms with Crippen molar-refractivity contribution >= 4 is 11.9 Å². The van der Waals surface area contributed by atoms with Gasteiger partial charge in [0.1, 0.15) is 5.75 Å². The second-order valence-electron chi connectivity index (χ2n) is 6.78. The van der Waals surface area contributed by atoms with E-state index < -0.39 is 5.97 Å². The van der Waals surface area contributed by atoms with Gasteiger partial charge in [-0.2, -0.15) is 0 Å². The highest BCUT2D eigenvalue weighted by atomic mass is 16.5. The first-order valence-corrected chi connectivity index (χ1v) is 9.87. The number of carboxylic acid groups (broad SMARTS) is 1. The highest BCUT2D eigenvalue weighted by Gasteiger charge is 2.04. The van der Waals surface area contributed by atoms with E-state index in [1.807, 2.05) is 30.3 Å². The van der Waals surface area contributed by atoms with Crippen LogP contribution in [0.2, 0.25) is 0 Å². The fraction of sp³-hybridized carbons (Fsp3) is 0.391. The van der Waals surface area contributed by atoms with Gasteiger partial charge >= 0.3 is 5.97 Å². The predicted octanol–water partition coefficient (Wildman–Crippen LogP) is 4.00. The van der Waals surface area contributed by atoms with Crippen molar-refractivity contribution in [2.75, 3.05) is 13.2 Å². The number of hydrogen-bond acceptors (Lipinski definition) is 3. The van der Waals surface area contributed by atoms with E-state index in [-0.39, 0.29) is 18.9 Å². The molecule has 28 heavy (non-hydrogen) atoms. The second-order valence-corrected chi connectivity index (χ2v) is 6.78. The molecule has 0 spiro atoms. The summed E-state index contributed by atoms with van der Waals surface area (Å²) in [5.74, 6) is -0.193. The third-order valence-electron chi connectivity index (χ3n) is 4.45. The number of rotatable bonds is 13. The first-order valence-electron chi connectivity index (χ1n) is 9.87. The number of aliphatic carboxylic acids is 1. The van der Waals surface area contributed by atoms with Gasteiger partial charge in [-0.3, -0.25) is 9.59 Å². The Balaban J connectivity index is 1.55. The van der Waals surface area contributed by atoms with Crippen molar-refractivity contribution < 1.29 is 19.4 Å². The zero-order chi connectivity index (χ0) is 20.0. The highest BCUT2D eigenvalue weighted by Crippen LogP contribution is 2.14. The third-order valence-corrected chi connectivity index (χ3v) is 4.45. The summed E-state index contributed by atoms with van der Waals surface area (Å²) in [4.78, 5) is 22.1. The van der Waals surface area contributed by atoms with Crippen LogP contribution in [0, 0.1) is 0 Å². The Morgan fingerprint density at radius 2 is 1.54 bits per heavy atom. The van der Waals surface area contributed by atoms with Crippen LogP contribution < -0.4 is 10.1 Å². The second kappa shape index (κ2) is 12.5. The topological polar surface area (TPSA) is 75.6 Å². The van der Waals surface area contributed by atoms with Crippen LogP contribution in [0.15, 0.2) is 54.6 Å². The summed E-state index contributed by atoms with van der Waals surface area (Å²) < 4.78 is 5.78. The molecule has 2 aromatic carbocycles. The molecular formula is C23H29NO4. The Hall–Kier alpha value is -2.82. The first kappa shape index (κ1) is 21.5. The molecule has 5 nitrogen and oxygen atoms in total. The zero-order valence-corrected chi connectivity index (χ0v) is 16.2. The minimum Gasteiger partial charge on any atom is -0.494 e. The van der Waals surface area contributed by atoms with Crippen LogP contribution in [0.4, 0.5) is 0 Å². The predicted molar refractivity (Wildman–Crippen MR) is 110 cm³/mol. The SMILES string of the molecule is O=C(O)CCNC(=O)CCc1ccc(OCCCCCc2ccccc2)cc1. The fourth-order valence-corrected chi connectivity index (χ4v) is 2.85. The van der Waals surface area contributed by atoms with Crippen LogP contribution in [0.3, 0.4) is 0 Å². The zero-order valence-electron chi connectivity index (χ0n) is 16.2. The van der Waals surface area contributed by atoms with E-state index in [9.17, 15) is 9.59 Å². The number of hydrogen-bond donors (Lipinski definition) is 2. The van der Waals surface area contributed by atoms with Crippen molar-refractivity contribution in [3.05, 3.63) is 65.7 Å². The van der Waals surface area contributed by atoms with Gasteiger partial charge in [-0.1, -0.05) is 42.5 Å². The van der Waals surface area contributed by atoms with Crippen LogP contribution in [0.1, 0.15) is 43.2 Å². The summed E-state index contributed by atoms with van der Waals surface area (Å²) in [5, 5.41) is 11.2. The van der Waals surface area contributed by atoms with Crippen LogP contribution in [-0.4, -0.2) is 30.1 Å². The first-order chi connectivity index (χ1) is 13.6. The summed E-state index contributed by atoms with van der Waals surface area (Å²) in [5.41, 5.74) is 2.44. The molecular weight excluding hydrogens is 354 g/mol. The normalized spacial score (nSPS) is 10.4. The van der Waals surface area contributed by atoms with Crippen molar-refractivity contribution in [2.45, 2.75) is 44.9 Å². The lowest BCUT2D eigenvalue weighted by molar-refractivity contribution is -0.136. The van der Waals surface area contributed by atoms with Crippen molar-refractivity contribution in [2.24, 2.45) is 0 Å². The highest BCUT2D eigenvalue weighted by molar-refractivity contribution is 5.77. The maximum Gasteiger partial charge on any atom is 0.305 e. The molecule has 1 amide bonds. The molecule has 0 bridgehead atoms. The minimum absolute atomic E-state index is 0.0516. The van der Waals surface area contributed by atoms with E-state index in [4.69, 9.17) is 9.84 Å². The molecule has 0 aliphatic rings. The molecule has 5 heteroatoms. The van der Waals surface area contributed by atoms with E-state index >= 15 is 0 Å². The molecule has 0 aliphatic heterocycles. The van der Waals surface area contributed by atoms with Crippen molar-refractivity contribution in [3.8, 4) is 5.75 Å². The molecule has 2 rings (SSSR count). The lowest BCUT2D eigenvalue weighted by Gasteiger charge is -2.08. The summed E-state index contributed by atoms with van der Waals surface area (Å²) in [6, 6.07) is 18.3. The number of benzene rings is 2.